The first-order chi connectivity index (χ1) is 12.5. The number of aryl methyl sites for hydroxylation is 1. The fourth-order valence-corrected chi connectivity index (χ4v) is 3.61. The van der Waals surface area contributed by atoms with Gasteiger partial charge in [-0.2, -0.15) is 4.72 Å². The molecule has 1 atom stereocenters. The molecule has 0 aromatic heterocycles. The van der Waals surface area contributed by atoms with Gasteiger partial charge in [0.15, 0.2) is 0 Å². The molecule has 0 aliphatic heterocycles. The fourth-order valence-electron chi connectivity index (χ4n) is 2.39. The van der Waals surface area contributed by atoms with E-state index in [1.165, 1.54) is 12.1 Å². The van der Waals surface area contributed by atoms with Crippen LogP contribution < -0.4 is 4.72 Å². The van der Waals surface area contributed by atoms with Gasteiger partial charge in [0.05, 0.1) is 16.5 Å². The highest BCUT2D eigenvalue weighted by Gasteiger charge is 2.29. The van der Waals surface area contributed by atoms with E-state index in [1.54, 1.807) is 57.2 Å². The molecule has 27 heavy (non-hydrogen) atoms. The molecule has 5 nitrogen and oxygen atoms in total. The molecule has 0 aliphatic carbocycles. The molecule has 0 saturated heterocycles. The van der Waals surface area contributed by atoms with Crippen molar-refractivity contribution >= 4 is 16.0 Å². The Morgan fingerprint density at radius 1 is 1.04 bits per heavy atom. The number of benzene rings is 2. The highest BCUT2D eigenvalue weighted by molar-refractivity contribution is 7.89. The molecule has 0 saturated carbocycles. The Hall–Kier alpha value is -2.44. The number of carbonyl (C=O) groups is 1. The first-order valence-electron chi connectivity index (χ1n) is 8.56. The Bertz CT molecular complexity index is 911. The van der Waals surface area contributed by atoms with Gasteiger partial charge in [-0.25, -0.2) is 13.2 Å². The van der Waals surface area contributed by atoms with Crippen molar-refractivity contribution < 1.29 is 17.9 Å². The maximum atomic E-state index is 12.8. The van der Waals surface area contributed by atoms with Gasteiger partial charge in [-0.05, 0) is 45.4 Å². The summed E-state index contributed by atoms with van der Waals surface area (Å²) in [4.78, 5) is 12.6. The van der Waals surface area contributed by atoms with Gasteiger partial charge in [-0.3, -0.25) is 0 Å². The van der Waals surface area contributed by atoms with E-state index in [9.17, 15) is 13.2 Å². The second kappa shape index (κ2) is 8.06. The molecule has 0 unspecified atom stereocenters. The van der Waals surface area contributed by atoms with Crippen molar-refractivity contribution in [3.8, 4) is 0 Å². The quantitative estimate of drug-likeness (QED) is 0.602. The lowest BCUT2D eigenvalue weighted by Crippen LogP contribution is -2.34. The van der Waals surface area contributed by atoms with Crippen LogP contribution in [0.25, 0.3) is 0 Å². The van der Waals surface area contributed by atoms with E-state index in [4.69, 9.17) is 4.74 Å². The molecule has 0 fully saturated rings. The maximum Gasteiger partial charge on any atom is 0.335 e. The van der Waals surface area contributed by atoms with Crippen molar-refractivity contribution in [2.75, 3.05) is 0 Å². The summed E-state index contributed by atoms with van der Waals surface area (Å²) in [6.45, 7) is 10.9. The summed E-state index contributed by atoms with van der Waals surface area (Å²) in [5.41, 5.74) is 0.861. The zero-order valence-electron chi connectivity index (χ0n) is 16.0. The predicted molar refractivity (Wildman–Crippen MR) is 106 cm³/mol. The third-order valence-electron chi connectivity index (χ3n) is 3.75. The number of carbonyl (C=O) groups excluding carboxylic acids is 1. The van der Waals surface area contributed by atoms with Gasteiger partial charge in [0.1, 0.15) is 5.60 Å². The standard InChI is InChI=1S/C21H25NO4S/c1-15-11-13-18(14-12-15)27(24,25)22-19(17-9-7-6-8-10-17)16(2)20(23)26-21(3,4)5/h6-14,19,22H,2H2,1,3-5H3/t19-/m1/s1. The fraction of sp³-hybridized carbons (Fsp3) is 0.286. The maximum absolute atomic E-state index is 12.8. The topological polar surface area (TPSA) is 72.5 Å². The summed E-state index contributed by atoms with van der Waals surface area (Å²) in [5, 5.41) is 0. The van der Waals surface area contributed by atoms with E-state index in [0.29, 0.717) is 5.56 Å². The molecular weight excluding hydrogens is 362 g/mol. The molecule has 2 aromatic carbocycles. The van der Waals surface area contributed by atoms with Crippen LogP contribution in [0.15, 0.2) is 71.6 Å². The largest absolute Gasteiger partial charge is 0.457 e. The molecule has 0 heterocycles. The number of ether oxygens (including phenoxy) is 1. The van der Waals surface area contributed by atoms with Crippen LogP contribution in [0, 0.1) is 6.92 Å². The highest BCUT2D eigenvalue weighted by atomic mass is 32.2. The number of hydrogen-bond donors (Lipinski definition) is 1. The van der Waals surface area contributed by atoms with Crippen molar-refractivity contribution in [2.24, 2.45) is 0 Å². The average molecular weight is 388 g/mol. The van der Waals surface area contributed by atoms with Gasteiger partial charge in [0.25, 0.3) is 0 Å². The van der Waals surface area contributed by atoms with E-state index >= 15 is 0 Å². The summed E-state index contributed by atoms with van der Waals surface area (Å²) < 4.78 is 33.6. The van der Waals surface area contributed by atoms with Crippen LogP contribution in [-0.2, 0) is 19.6 Å². The lowest BCUT2D eigenvalue weighted by molar-refractivity contribution is -0.150. The van der Waals surface area contributed by atoms with Gasteiger partial charge in [0, 0.05) is 0 Å². The zero-order valence-corrected chi connectivity index (χ0v) is 16.8. The lowest BCUT2D eigenvalue weighted by Gasteiger charge is -2.25. The van der Waals surface area contributed by atoms with Gasteiger partial charge in [-0.1, -0.05) is 54.6 Å². The smallest absolute Gasteiger partial charge is 0.335 e. The minimum absolute atomic E-state index is 0.0202. The van der Waals surface area contributed by atoms with Crippen LogP contribution >= 0.6 is 0 Å². The molecule has 0 aliphatic rings. The Morgan fingerprint density at radius 3 is 2.11 bits per heavy atom. The summed E-state index contributed by atoms with van der Waals surface area (Å²) in [6, 6.07) is 14.4. The average Bonchev–Trinajstić information content (AvgIpc) is 2.59. The molecule has 2 rings (SSSR count). The monoisotopic (exact) mass is 387 g/mol. The molecular formula is C21H25NO4S. The normalized spacial score (nSPS) is 13.0. The third kappa shape index (κ3) is 5.77. The van der Waals surface area contributed by atoms with Crippen LogP contribution in [0.3, 0.4) is 0 Å². The van der Waals surface area contributed by atoms with Crippen molar-refractivity contribution in [3.05, 3.63) is 77.9 Å². The van der Waals surface area contributed by atoms with Crippen molar-refractivity contribution in [1.29, 1.82) is 0 Å². The minimum Gasteiger partial charge on any atom is -0.457 e. The van der Waals surface area contributed by atoms with Crippen LogP contribution in [-0.4, -0.2) is 20.0 Å². The third-order valence-corrected chi connectivity index (χ3v) is 5.19. The van der Waals surface area contributed by atoms with Crippen LogP contribution in [0.1, 0.15) is 37.9 Å². The number of hydrogen-bond acceptors (Lipinski definition) is 4. The van der Waals surface area contributed by atoms with Crippen LogP contribution in [0.2, 0.25) is 0 Å². The molecule has 0 amide bonds. The number of rotatable bonds is 6. The highest BCUT2D eigenvalue weighted by Crippen LogP contribution is 2.26. The predicted octanol–water partition coefficient (Wildman–Crippen LogP) is 3.91. The van der Waals surface area contributed by atoms with Crippen molar-refractivity contribution in [3.63, 3.8) is 0 Å². The second-order valence-electron chi connectivity index (χ2n) is 7.31. The molecule has 0 spiro atoms. The van der Waals surface area contributed by atoms with E-state index < -0.39 is 27.6 Å². The summed E-state index contributed by atoms with van der Waals surface area (Å²) in [5.74, 6) is -0.650. The molecule has 2 aromatic rings. The minimum atomic E-state index is -3.87. The molecule has 0 radical (unpaired) electrons. The van der Waals surface area contributed by atoms with Gasteiger partial charge >= 0.3 is 5.97 Å². The van der Waals surface area contributed by atoms with Crippen molar-refractivity contribution in [2.45, 2.75) is 44.2 Å². The number of nitrogens with one attached hydrogen (secondary N) is 1. The Labute approximate surface area is 161 Å². The summed E-state index contributed by atoms with van der Waals surface area (Å²) in [7, 11) is -3.87. The molecule has 6 heteroatoms. The van der Waals surface area contributed by atoms with Crippen LogP contribution in [0.5, 0.6) is 0 Å². The van der Waals surface area contributed by atoms with Gasteiger partial charge in [-0.15, -0.1) is 0 Å². The zero-order chi connectivity index (χ0) is 20.2. The summed E-state index contributed by atoms with van der Waals surface area (Å²) >= 11 is 0. The number of sulfonamides is 1. The van der Waals surface area contributed by atoms with Gasteiger partial charge in [0.2, 0.25) is 10.0 Å². The first-order valence-corrected chi connectivity index (χ1v) is 10.0. The first kappa shape index (κ1) is 20.9. The molecule has 0 bridgehead atoms. The number of esters is 1. The van der Waals surface area contributed by atoms with E-state index in [0.717, 1.165) is 5.56 Å². The summed E-state index contributed by atoms with van der Waals surface area (Å²) in [6.07, 6.45) is 0. The van der Waals surface area contributed by atoms with E-state index in [2.05, 4.69) is 11.3 Å². The van der Waals surface area contributed by atoms with Crippen molar-refractivity contribution in [1.82, 2.24) is 4.72 Å². The molecule has 1 N–H and O–H groups in total. The van der Waals surface area contributed by atoms with Crippen LogP contribution in [0.4, 0.5) is 0 Å². The Kier molecular flexibility index (Phi) is 6.23. The van der Waals surface area contributed by atoms with Gasteiger partial charge < -0.3 is 4.74 Å². The Balaban J connectivity index is 2.37. The second-order valence-corrected chi connectivity index (χ2v) is 9.02. The molecule has 144 valence electrons. The SMILES string of the molecule is C=C(C(=O)OC(C)(C)C)[C@@H](NS(=O)(=O)c1ccc(C)cc1)c1ccccc1. The lowest BCUT2D eigenvalue weighted by atomic mass is 10.0. The van der Waals surface area contributed by atoms with E-state index in [-0.39, 0.29) is 10.5 Å². The van der Waals surface area contributed by atoms with E-state index in [1.807, 2.05) is 13.0 Å². The Morgan fingerprint density at radius 2 is 1.59 bits per heavy atom.